The lowest BCUT2D eigenvalue weighted by Gasteiger charge is -2.05. The highest BCUT2D eigenvalue weighted by Crippen LogP contribution is 2.23. The van der Waals surface area contributed by atoms with E-state index in [2.05, 4.69) is 21.6 Å². The van der Waals surface area contributed by atoms with Gasteiger partial charge in [0.05, 0.1) is 13.7 Å². The fraction of sp³-hybridized carbons (Fsp3) is 0.385. The molecule has 1 heterocycles. The highest BCUT2D eigenvalue weighted by Gasteiger charge is 2.08. The minimum atomic E-state index is 0. The molecule has 1 N–H and O–H groups in total. The summed E-state index contributed by atoms with van der Waals surface area (Å²) in [6, 6.07) is 8.07. The molecular formula is C13H19ClN4OS. The standard InChI is InChI=1S/C13H18N4OS.ClH/c1-14-8-12-15-16-13(17(12)2)19-9-10-5-4-6-11(7-10)18-3;/h4-7,14H,8-9H2,1-3H3;1H. The molecule has 20 heavy (non-hydrogen) atoms. The molecule has 0 unspecified atom stereocenters. The molecule has 0 bridgehead atoms. The van der Waals surface area contributed by atoms with E-state index in [0.29, 0.717) is 0 Å². The Hall–Kier alpha value is -1.24. The van der Waals surface area contributed by atoms with Gasteiger partial charge in [-0.05, 0) is 24.7 Å². The number of nitrogens with one attached hydrogen (secondary N) is 1. The van der Waals surface area contributed by atoms with Crippen LogP contribution in [0.1, 0.15) is 11.4 Å². The normalized spacial score (nSPS) is 10.2. The van der Waals surface area contributed by atoms with Crippen molar-refractivity contribution in [3.05, 3.63) is 35.7 Å². The van der Waals surface area contributed by atoms with E-state index < -0.39 is 0 Å². The molecule has 5 nitrogen and oxygen atoms in total. The van der Waals surface area contributed by atoms with Crippen LogP contribution < -0.4 is 10.1 Å². The summed E-state index contributed by atoms with van der Waals surface area (Å²) in [6.07, 6.45) is 0. The number of methoxy groups -OCH3 is 1. The van der Waals surface area contributed by atoms with Gasteiger partial charge in [0.25, 0.3) is 0 Å². The number of hydrogen-bond donors (Lipinski definition) is 1. The number of thioether (sulfide) groups is 1. The summed E-state index contributed by atoms with van der Waals surface area (Å²) < 4.78 is 7.23. The van der Waals surface area contributed by atoms with Crippen LogP contribution >= 0.6 is 24.2 Å². The van der Waals surface area contributed by atoms with Gasteiger partial charge in [0.2, 0.25) is 0 Å². The van der Waals surface area contributed by atoms with Gasteiger partial charge in [0.15, 0.2) is 5.16 Å². The molecule has 1 aromatic carbocycles. The fourth-order valence-electron chi connectivity index (χ4n) is 1.69. The van der Waals surface area contributed by atoms with E-state index in [-0.39, 0.29) is 12.4 Å². The molecule has 0 saturated carbocycles. The first-order chi connectivity index (χ1) is 9.24. The van der Waals surface area contributed by atoms with Gasteiger partial charge in [-0.25, -0.2) is 0 Å². The zero-order valence-corrected chi connectivity index (χ0v) is 13.4. The van der Waals surface area contributed by atoms with Crippen LogP contribution in [0.4, 0.5) is 0 Å². The maximum Gasteiger partial charge on any atom is 0.191 e. The minimum Gasteiger partial charge on any atom is -0.497 e. The fourth-order valence-corrected chi connectivity index (χ4v) is 2.57. The molecule has 1 aromatic heterocycles. The molecule has 0 amide bonds. The van der Waals surface area contributed by atoms with E-state index in [1.807, 2.05) is 36.9 Å². The Morgan fingerprint density at radius 1 is 1.35 bits per heavy atom. The number of nitrogens with zero attached hydrogens (tertiary/aromatic N) is 3. The van der Waals surface area contributed by atoms with Crippen molar-refractivity contribution in [2.75, 3.05) is 14.2 Å². The lowest BCUT2D eigenvalue weighted by Crippen LogP contribution is -2.10. The first-order valence-electron chi connectivity index (χ1n) is 6.03. The van der Waals surface area contributed by atoms with Crippen LogP contribution in [0.25, 0.3) is 0 Å². The monoisotopic (exact) mass is 314 g/mol. The van der Waals surface area contributed by atoms with Gasteiger partial charge in [-0.1, -0.05) is 23.9 Å². The third-order valence-electron chi connectivity index (χ3n) is 2.76. The predicted octanol–water partition coefficient (Wildman–Crippen LogP) is 2.26. The Morgan fingerprint density at radius 3 is 2.85 bits per heavy atom. The van der Waals surface area contributed by atoms with Crippen LogP contribution in [-0.2, 0) is 19.3 Å². The Bertz CT molecular complexity index is 547. The summed E-state index contributed by atoms with van der Waals surface area (Å²) in [6.45, 7) is 0.725. The van der Waals surface area contributed by atoms with Crippen LogP contribution in [0.3, 0.4) is 0 Å². The van der Waals surface area contributed by atoms with Crippen LogP contribution in [0, 0.1) is 0 Å². The van der Waals surface area contributed by atoms with Gasteiger partial charge in [0.1, 0.15) is 11.6 Å². The SMILES string of the molecule is CNCc1nnc(SCc2cccc(OC)c2)n1C.Cl. The van der Waals surface area contributed by atoms with Crippen molar-refractivity contribution >= 4 is 24.2 Å². The quantitative estimate of drug-likeness (QED) is 0.829. The summed E-state index contributed by atoms with van der Waals surface area (Å²) in [5.74, 6) is 2.67. The molecule has 2 rings (SSSR count). The first kappa shape index (κ1) is 16.8. The van der Waals surface area contributed by atoms with Crippen LogP contribution in [0.2, 0.25) is 0 Å². The highest BCUT2D eigenvalue weighted by atomic mass is 35.5. The van der Waals surface area contributed by atoms with Gasteiger partial charge in [-0.3, -0.25) is 0 Å². The largest absolute Gasteiger partial charge is 0.497 e. The van der Waals surface area contributed by atoms with Crippen molar-refractivity contribution in [1.82, 2.24) is 20.1 Å². The smallest absolute Gasteiger partial charge is 0.191 e. The number of ether oxygens (including phenoxy) is 1. The van der Waals surface area contributed by atoms with E-state index >= 15 is 0 Å². The van der Waals surface area contributed by atoms with E-state index in [1.54, 1.807) is 18.9 Å². The maximum atomic E-state index is 5.22. The Morgan fingerprint density at radius 2 is 2.15 bits per heavy atom. The summed E-state index contributed by atoms with van der Waals surface area (Å²) in [7, 11) is 5.57. The summed E-state index contributed by atoms with van der Waals surface area (Å²) >= 11 is 1.67. The average Bonchev–Trinajstić information content (AvgIpc) is 2.78. The van der Waals surface area contributed by atoms with E-state index in [1.165, 1.54) is 5.56 Å². The predicted molar refractivity (Wildman–Crippen MR) is 83.6 cm³/mol. The van der Waals surface area contributed by atoms with E-state index in [4.69, 9.17) is 4.74 Å². The van der Waals surface area contributed by atoms with Crippen molar-refractivity contribution in [3.8, 4) is 5.75 Å². The van der Waals surface area contributed by atoms with Gasteiger partial charge in [-0.15, -0.1) is 22.6 Å². The number of aromatic nitrogens is 3. The van der Waals surface area contributed by atoms with Crippen molar-refractivity contribution in [1.29, 1.82) is 0 Å². The molecule has 7 heteroatoms. The second-order valence-electron chi connectivity index (χ2n) is 4.13. The van der Waals surface area contributed by atoms with Crippen molar-refractivity contribution in [2.24, 2.45) is 7.05 Å². The molecule has 0 aliphatic carbocycles. The van der Waals surface area contributed by atoms with Crippen molar-refractivity contribution in [2.45, 2.75) is 17.5 Å². The van der Waals surface area contributed by atoms with Crippen LogP contribution in [0.15, 0.2) is 29.4 Å². The minimum absolute atomic E-state index is 0. The third kappa shape index (κ3) is 4.13. The van der Waals surface area contributed by atoms with Crippen LogP contribution in [-0.4, -0.2) is 28.9 Å². The number of rotatable bonds is 6. The summed E-state index contributed by atoms with van der Waals surface area (Å²) in [5, 5.41) is 12.4. The number of hydrogen-bond acceptors (Lipinski definition) is 5. The van der Waals surface area contributed by atoms with Gasteiger partial charge < -0.3 is 14.6 Å². The second kappa shape index (κ2) is 8.14. The highest BCUT2D eigenvalue weighted by molar-refractivity contribution is 7.98. The van der Waals surface area contributed by atoms with Crippen molar-refractivity contribution < 1.29 is 4.74 Å². The topological polar surface area (TPSA) is 52.0 Å². The molecule has 0 aliphatic rings. The molecule has 110 valence electrons. The average molecular weight is 315 g/mol. The van der Waals surface area contributed by atoms with Crippen LogP contribution in [0.5, 0.6) is 5.75 Å². The third-order valence-corrected chi connectivity index (χ3v) is 3.85. The lowest BCUT2D eigenvalue weighted by atomic mass is 10.2. The van der Waals surface area contributed by atoms with Gasteiger partial charge >= 0.3 is 0 Å². The van der Waals surface area contributed by atoms with E-state index in [0.717, 1.165) is 29.0 Å². The molecule has 0 aliphatic heterocycles. The molecule has 0 atom stereocenters. The maximum absolute atomic E-state index is 5.22. The Balaban J connectivity index is 0.00000200. The molecule has 2 aromatic rings. The molecule has 0 fully saturated rings. The van der Waals surface area contributed by atoms with Gasteiger partial charge in [0, 0.05) is 12.8 Å². The Labute approximate surface area is 129 Å². The van der Waals surface area contributed by atoms with Gasteiger partial charge in [-0.2, -0.15) is 0 Å². The second-order valence-corrected chi connectivity index (χ2v) is 5.07. The molecule has 0 spiro atoms. The zero-order valence-electron chi connectivity index (χ0n) is 11.8. The Kier molecular flexibility index (Phi) is 6.84. The zero-order chi connectivity index (χ0) is 13.7. The number of halogens is 1. The first-order valence-corrected chi connectivity index (χ1v) is 7.01. The summed E-state index contributed by atoms with van der Waals surface area (Å²) in [5.41, 5.74) is 1.21. The molecule has 0 saturated heterocycles. The molecular weight excluding hydrogens is 296 g/mol. The van der Waals surface area contributed by atoms with Crippen molar-refractivity contribution in [3.63, 3.8) is 0 Å². The molecule has 0 radical (unpaired) electrons. The summed E-state index contributed by atoms with van der Waals surface area (Å²) in [4.78, 5) is 0. The lowest BCUT2D eigenvalue weighted by molar-refractivity contribution is 0.414. The number of benzene rings is 1. The van der Waals surface area contributed by atoms with E-state index in [9.17, 15) is 0 Å².